The molecule has 5 nitrogen and oxygen atoms in total. The summed E-state index contributed by atoms with van der Waals surface area (Å²) >= 11 is 0. The summed E-state index contributed by atoms with van der Waals surface area (Å²) in [5, 5.41) is 3.38. The molecule has 1 unspecified atom stereocenters. The lowest BCUT2D eigenvalue weighted by molar-refractivity contribution is -0.000511. The van der Waals surface area contributed by atoms with E-state index in [1.807, 2.05) is 0 Å². The maximum absolute atomic E-state index is 5.55. The third-order valence-electron chi connectivity index (χ3n) is 2.50. The first-order chi connectivity index (χ1) is 9.31. The molecule has 0 aromatic carbocycles. The molecule has 1 atom stereocenters. The molecule has 0 aliphatic heterocycles. The highest BCUT2D eigenvalue weighted by Gasteiger charge is 2.01. The van der Waals surface area contributed by atoms with Crippen molar-refractivity contribution in [2.45, 2.75) is 20.3 Å². The number of hydrogen-bond donors (Lipinski definition) is 1. The lowest BCUT2D eigenvalue weighted by atomic mass is 10.2. The third kappa shape index (κ3) is 15.7. The molecule has 0 amide bonds. The third-order valence-corrected chi connectivity index (χ3v) is 2.50. The Morgan fingerprint density at radius 1 is 0.895 bits per heavy atom. The van der Waals surface area contributed by atoms with E-state index in [0.29, 0.717) is 45.6 Å². The summed E-state index contributed by atoms with van der Waals surface area (Å²) in [7, 11) is 1.66. The number of nitrogens with one attached hydrogen (secondary N) is 1. The van der Waals surface area contributed by atoms with E-state index in [4.69, 9.17) is 18.9 Å². The maximum Gasteiger partial charge on any atom is 0.0701 e. The van der Waals surface area contributed by atoms with Crippen molar-refractivity contribution in [1.82, 2.24) is 5.32 Å². The van der Waals surface area contributed by atoms with Gasteiger partial charge in [-0.2, -0.15) is 0 Å². The minimum atomic E-state index is 0.545. The second-order valence-corrected chi connectivity index (χ2v) is 4.60. The van der Waals surface area contributed by atoms with Crippen molar-refractivity contribution in [1.29, 1.82) is 0 Å². The molecule has 19 heavy (non-hydrogen) atoms. The zero-order valence-corrected chi connectivity index (χ0v) is 12.8. The van der Waals surface area contributed by atoms with Crippen LogP contribution in [0.1, 0.15) is 20.3 Å². The van der Waals surface area contributed by atoms with Crippen molar-refractivity contribution in [3.63, 3.8) is 0 Å². The lowest BCUT2D eigenvalue weighted by Crippen LogP contribution is -2.25. The van der Waals surface area contributed by atoms with E-state index in [-0.39, 0.29) is 0 Å². The maximum atomic E-state index is 5.55. The predicted octanol–water partition coefficient (Wildman–Crippen LogP) is 1.32. The Hall–Kier alpha value is -0.200. The van der Waals surface area contributed by atoms with Gasteiger partial charge in [0.1, 0.15) is 0 Å². The van der Waals surface area contributed by atoms with Gasteiger partial charge in [-0.15, -0.1) is 0 Å². The molecule has 116 valence electrons. The smallest absolute Gasteiger partial charge is 0.0701 e. The van der Waals surface area contributed by atoms with Gasteiger partial charge in [0, 0.05) is 7.11 Å². The first-order valence-electron chi connectivity index (χ1n) is 7.24. The van der Waals surface area contributed by atoms with Crippen molar-refractivity contribution >= 4 is 0 Å². The minimum Gasteiger partial charge on any atom is -0.382 e. The van der Waals surface area contributed by atoms with Crippen molar-refractivity contribution < 1.29 is 18.9 Å². The van der Waals surface area contributed by atoms with Gasteiger partial charge in [-0.05, 0) is 25.4 Å². The minimum absolute atomic E-state index is 0.545. The molecule has 0 heterocycles. The second-order valence-electron chi connectivity index (χ2n) is 4.60. The number of methoxy groups -OCH3 is 1. The molecular formula is C14H31NO4. The van der Waals surface area contributed by atoms with E-state index >= 15 is 0 Å². The van der Waals surface area contributed by atoms with Gasteiger partial charge in [0.05, 0.1) is 46.2 Å². The molecule has 0 radical (unpaired) electrons. The average Bonchev–Trinajstić information content (AvgIpc) is 2.41. The molecule has 0 aromatic heterocycles. The number of ether oxygens (including phenoxy) is 4. The predicted molar refractivity (Wildman–Crippen MR) is 76.7 cm³/mol. The van der Waals surface area contributed by atoms with Crippen LogP contribution in [0.15, 0.2) is 0 Å². The van der Waals surface area contributed by atoms with Crippen LogP contribution in [0.4, 0.5) is 0 Å². The Kier molecular flexibility index (Phi) is 15.7. The summed E-state index contributed by atoms with van der Waals surface area (Å²) in [4.78, 5) is 0. The highest BCUT2D eigenvalue weighted by Crippen LogP contribution is 1.94. The number of hydrogen-bond acceptors (Lipinski definition) is 5. The molecule has 0 aromatic rings. The monoisotopic (exact) mass is 277 g/mol. The second kappa shape index (κ2) is 15.9. The van der Waals surface area contributed by atoms with Crippen LogP contribution in [0.2, 0.25) is 0 Å². The first kappa shape index (κ1) is 18.8. The molecule has 0 fully saturated rings. The normalized spacial score (nSPS) is 12.8. The molecule has 0 saturated heterocycles. The summed E-state index contributed by atoms with van der Waals surface area (Å²) in [5.74, 6) is 0.545. The molecule has 5 heteroatoms. The summed E-state index contributed by atoms with van der Waals surface area (Å²) in [6.45, 7) is 11.0. The van der Waals surface area contributed by atoms with Crippen LogP contribution in [-0.2, 0) is 18.9 Å². The SMILES string of the molecule is CCCNCC(C)COCCOCCOCCOC. The Bertz CT molecular complexity index is 170. The Morgan fingerprint density at radius 3 is 2.05 bits per heavy atom. The molecule has 0 aliphatic carbocycles. The quantitative estimate of drug-likeness (QED) is 0.458. The molecule has 0 spiro atoms. The van der Waals surface area contributed by atoms with Gasteiger partial charge in [-0.3, -0.25) is 0 Å². The largest absolute Gasteiger partial charge is 0.382 e. The van der Waals surface area contributed by atoms with Gasteiger partial charge in [0.15, 0.2) is 0 Å². The Labute approximate surface area is 117 Å². The van der Waals surface area contributed by atoms with Crippen LogP contribution in [0.25, 0.3) is 0 Å². The van der Waals surface area contributed by atoms with E-state index in [1.165, 1.54) is 6.42 Å². The fourth-order valence-electron chi connectivity index (χ4n) is 1.45. The average molecular weight is 277 g/mol. The Balaban J connectivity index is 3.05. The summed E-state index contributed by atoms with van der Waals surface area (Å²) in [6, 6.07) is 0. The van der Waals surface area contributed by atoms with Crippen LogP contribution in [0.3, 0.4) is 0 Å². The molecule has 0 rings (SSSR count). The standard InChI is InChI=1S/C14H31NO4/c1-4-5-15-12-14(2)13-19-11-10-18-9-8-17-7-6-16-3/h14-15H,4-13H2,1-3H3. The van der Waals surface area contributed by atoms with Crippen LogP contribution in [0, 0.1) is 5.92 Å². The Morgan fingerprint density at radius 2 is 1.47 bits per heavy atom. The van der Waals surface area contributed by atoms with Crippen LogP contribution in [0.5, 0.6) is 0 Å². The van der Waals surface area contributed by atoms with Gasteiger partial charge in [-0.25, -0.2) is 0 Å². The van der Waals surface area contributed by atoms with Crippen molar-refractivity contribution in [2.75, 3.05) is 66.4 Å². The zero-order valence-electron chi connectivity index (χ0n) is 12.8. The van der Waals surface area contributed by atoms with E-state index in [2.05, 4.69) is 19.2 Å². The highest BCUT2D eigenvalue weighted by atomic mass is 16.6. The van der Waals surface area contributed by atoms with Gasteiger partial charge >= 0.3 is 0 Å². The molecule has 1 N–H and O–H groups in total. The van der Waals surface area contributed by atoms with Gasteiger partial charge in [0.25, 0.3) is 0 Å². The molecular weight excluding hydrogens is 246 g/mol. The van der Waals surface area contributed by atoms with Crippen molar-refractivity contribution in [3.8, 4) is 0 Å². The lowest BCUT2D eigenvalue weighted by Gasteiger charge is -2.12. The fourth-order valence-corrected chi connectivity index (χ4v) is 1.45. The van der Waals surface area contributed by atoms with E-state index in [9.17, 15) is 0 Å². The van der Waals surface area contributed by atoms with Gasteiger partial charge < -0.3 is 24.3 Å². The van der Waals surface area contributed by atoms with E-state index in [1.54, 1.807) is 7.11 Å². The fraction of sp³-hybridized carbons (Fsp3) is 1.00. The van der Waals surface area contributed by atoms with Gasteiger partial charge in [-0.1, -0.05) is 13.8 Å². The van der Waals surface area contributed by atoms with E-state index < -0.39 is 0 Å². The van der Waals surface area contributed by atoms with Crippen LogP contribution >= 0.6 is 0 Å². The highest BCUT2D eigenvalue weighted by molar-refractivity contribution is 4.55. The first-order valence-corrected chi connectivity index (χ1v) is 7.24. The van der Waals surface area contributed by atoms with E-state index in [0.717, 1.165) is 19.7 Å². The van der Waals surface area contributed by atoms with Crippen LogP contribution < -0.4 is 5.32 Å². The molecule has 0 aliphatic rings. The molecule has 0 bridgehead atoms. The summed E-state index contributed by atoms with van der Waals surface area (Å²) in [6.07, 6.45) is 1.17. The van der Waals surface area contributed by atoms with Crippen molar-refractivity contribution in [3.05, 3.63) is 0 Å². The van der Waals surface area contributed by atoms with Crippen LogP contribution in [-0.4, -0.2) is 66.4 Å². The summed E-state index contributed by atoms with van der Waals surface area (Å²) in [5.41, 5.74) is 0. The zero-order chi connectivity index (χ0) is 14.2. The molecule has 0 saturated carbocycles. The summed E-state index contributed by atoms with van der Waals surface area (Å²) < 4.78 is 21.1. The number of rotatable bonds is 15. The van der Waals surface area contributed by atoms with Gasteiger partial charge in [0.2, 0.25) is 0 Å². The van der Waals surface area contributed by atoms with Crippen molar-refractivity contribution in [2.24, 2.45) is 5.92 Å². The topological polar surface area (TPSA) is 49.0 Å².